The zero-order valence-corrected chi connectivity index (χ0v) is 9.17. The van der Waals surface area contributed by atoms with Gasteiger partial charge in [0.15, 0.2) is 6.29 Å². The van der Waals surface area contributed by atoms with E-state index in [1.165, 1.54) is 11.3 Å². The predicted octanol–water partition coefficient (Wildman–Crippen LogP) is 3.12. The SMILES string of the molecule is Cc1ccc(-c2ccc(C=O)s2)cc1N. The molecule has 0 radical (unpaired) electrons. The second-order valence-electron chi connectivity index (χ2n) is 3.39. The van der Waals surface area contributed by atoms with E-state index in [1.807, 2.05) is 37.3 Å². The summed E-state index contributed by atoms with van der Waals surface area (Å²) in [6, 6.07) is 9.72. The van der Waals surface area contributed by atoms with Crippen LogP contribution in [-0.4, -0.2) is 6.29 Å². The van der Waals surface area contributed by atoms with Crippen LogP contribution < -0.4 is 5.73 Å². The molecule has 0 unspecified atom stereocenters. The molecule has 0 atom stereocenters. The van der Waals surface area contributed by atoms with Crippen molar-refractivity contribution in [2.75, 3.05) is 5.73 Å². The molecule has 3 heteroatoms. The Morgan fingerprint density at radius 3 is 2.67 bits per heavy atom. The third-order valence-electron chi connectivity index (χ3n) is 2.31. The molecule has 1 aromatic heterocycles. The van der Waals surface area contributed by atoms with Crippen molar-refractivity contribution in [2.45, 2.75) is 6.92 Å². The van der Waals surface area contributed by atoms with E-state index >= 15 is 0 Å². The molecule has 0 saturated carbocycles. The Labute approximate surface area is 92.4 Å². The van der Waals surface area contributed by atoms with E-state index in [2.05, 4.69) is 0 Å². The van der Waals surface area contributed by atoms with Crippen molar-refractivity contribution in [3.05, 3.63) is 40.8 Å². The fraction of sp³-hybridized carbons (Fsp3) is 0.0833. The van der Waals surface area contributed by atoms with Gasteiger partial charge in [0.05, 0.1) is 4.88 Å². The topological polar surface area (TPSA) is 43.1 Å². The van der Waals surface area contributed by atoms with Crippen molar-refractivity contribution in [1.29, 1.82) is 0 Å². The van der Waals surface area contributed by atoms with E-state index < -0.39 is 0 Å². The number of aldehydes is 1. The molecule has 0 spiro atoms. The van der Waals surface area contributed by atoms with Crippen LogP contribution in [0.1, 0.15) is 15.2 Å². The Morgan fingerprint density at radius 1 is 1.27 bits per heavy atom. The zero-order valence-electron chi connectivity index (χ0n) is 8.36. The highest BCUT2D eigenvalue weighted by molar-refractivity contribution is 7.17. The summed E-state index contributed by atoms with van der Waals surface area (Å²) < 4.78 is 0. The first kappa shape index (κ1) is 9.93. The number of hydrogen-bond acceptors (Lipinski definition) is 3. The molecule has 0 amide bonds. The number of carbonyl (C=O) groups excluding carboxylic acids is 1. The monoisotopic (exact) mass is 217 g/mol. The highest BCUT2D eigenvalue weighted by Crippen LogP contribution is 2.29. The smallest absolute Gasteiger partial charge is 0.160 e. The number of rotatable bonds is 2. The van der Waals surface area contributed by atoms with Crippen LogP contribution in [0.15, 0.2) is 30.3 Å². The van der Waals surface area contributed by atoms with E-state index in [9.17, 15) is 4.79 Å². The van der Waals surface area contributed by atoms with Crippen molar-refractivity contribution in [3.63, 3.8) is 0 Å². The van der Waals surface area contributed by atoms with Gasteiger partial charge in [-0.25, -0.2) is 0 Å². The first-order valence-corrected chi connectivity index (χ1v) is 5.44. The molecule has 0 saturated heterocycles. The lowest BCUT2D eigenvalue weighted by atomic mass is 10.1. The van der Waals surface area contributed by atoms with Crippen LogP contribution in [0.3, 0.4) is 0 Å². The average molecular weight is 217 g/mol. The number of aryl methyl sites for hydroxylation is 1. The Bertz CT molecular complexity index is 502. The highest BCUT2D eigenvalue weighted by atomic mass is 32.1. The number of benzene rings is 1. The van der Waals surface area contributed by atoms with Crippen LogP contribution in [0.5, 0.6) is 0 Å². The molecule has 0 aliphatic rings. The third-order valence-corrected chi connectivity index (χ3v) is 3.37. The van der Waals surface area contributed by atoms with Crippen molar-refractivity contribution in [1.82, 2.24) is 0 Å². The van der Waals surface area contributed by atoms with Crippen LogP contribution in [0.4, 0.5) is 5.69 Å². The third kappa shape index (κ3) is 1.92. The van der Waals surface area contributed by atoms with Crippen LogP contribution >= 0.6 is 11.3 Å². The number of nitrogens with two attached hydrogens (primary N) is 1. The van der Waals surface area contributed by atoms with Gasteiger partial charge in [0.1, 0.15) is 0 Å². The average Bonchev–Trinajstić information content (AvgIpc) is 2.70. The molecule has 1 aromatic carbocycles. The standard InChI is InChI=1S/C12H11NOS/c1-8-2-3-9(6-11(8)13)12-5-4-10(7-14)15-12/h2-7H,13H2,1H3. The molecule has 2 aromatic rings. The van der Waals surface area contributed by atoms with Crippen LogP contribution in [-0.2, 0) is 0 Å². The van der Waals surface area contributed by atoms with Gasteiger partial charge in [-0.15, -0.1) is 11.3 Å². The Balaban J connectivity index is 2.44. The molecule has 76 valence electrons. The number of thiophene rings is 1. The van der Waals surface area contributed by atoms with E-state index in [4.69, 9.17) is 5.73 Å². The molecule has 0 aliphatic carbocycles. The summed E-state index contributed by atoms with van der Waals surface area (Å²) in [5.41, 5.74) is 8.76. The molecule has 2 N–H and O–H groups in total. The summed E-state index contributed by atoms with van der Waals surface area (Å²) in [4.78, 5) is 12.4. The molecule has 2 nitrogen and oxygen atoms in total. The second-order valence-corrected chi connectivity index (χ2v) is 4.51. The number of nitrogen functional groups attached to an aromatic ring is 1. The molecular weight excluding hydrogens is 206 g/mol. The van der Waals surface area contributed by atoms with Gasteiger partial charge in [0.2, 0.25) is 0 Å². The molecule has 2 rings (SSSR count). The fourth-order valence-electron chi connectivity index (χ4n) is 1.37. The van der Waals surface area contributed by atoms with Crippen LogP contribution in [0, 0.1) is 6.92 Å². The van der Waals surface area contributed by atoms with E-state index in [0.717, 1.165) is 32.9 Å². The van der Waals surface area contributed by atoms with Gasteiger partial charge < -0.3 is 5.73 Å². The minimum absolute atomic E-state index is 0.740. The predicted molar refractivity (Wildman–Crippen MR) is 64.3 cm³/mol. The Kier molecular flexibility index (Phi) is 2.56. The largest absolute Gasteiger partial charge is 0.398 e. The van der Waals surface area contributed by atoms with Crippen molar-refractivity contribution in [2.24, 2.45) is 0 Å². The van der Waals surface area contributed by atoms with Gasteiger partial charge in [-0.2, -0.15) is 0 Å². The molecule has 1 heterocycles. The second kappa shape index (κ2) is 3.87. The Hall–Kier alpha value is -1.61. The molecular formula is C12H11NOS. The fourth-order valence-corrected chi connectivity index (χ4v) is 2.18. The van der Waals surface area contributed by atoms with Gasteiger partial charge >= 0.3 is 0 Å². The normalized spacial score (nSPS) is 10.2. The lowest BCUT2D eigenvalue weighted by molar-refractivity contribution is 0.112. The summed E-state index contributed by atoms with van der Waals surface area (Å²) in [6.45, 7) is 1.98. The van der Waals surface area contributed by atoms with Gasteiger partial charge in [-0.1, -0.05) is 12.1 Å². The molecule has 0 aliphatic heterocycles. The maximum absolute atomic E-state index is 10.6. The number of carbonyl (C=O) groups is 1. The minimum Gasteiger partial charge on any atom is -0.398 e. The lowest BCUT2D eigenvalue weighted by Crippen LogP contribution is -1.88. The Morgan fingerprint density at radius 2 is 2.07 bits per heavy atom. The van der Waals surface area contributed by atoms with E-state index in [0.29, 0.717) is 0 Å². The summed E-state index contributed by atoms with van der Waals surface area (Å²) in [6.07, 6.45) is 0.867. The highest BCUT2D eigenvalue weighted by Gasteiger charge is 2.03. The quantitative estimate of drug-likeness (QED) is 0.620. The number of hydrogen-bond donors (Lipinski definition) is 1. The van der Waals surface area contributed by atoms with Gasteiger partial charge in [0, 0.05) is 10.6 Å². The van der Waals surface area contributed by atoms with Crippen LogP contribution in [0.25, 0.3) is 10.4 Å². The molecule has 15 heavy (non-hydrogen) atoms. The summed E-state index contributed by atoms with van der Waals surface area (Å²) in [5.74, 6) is 0. The van der Waals surface area contributed by atoms with E-state index in [-0.39, 0.29) is 0 Å². The molecule has 0 fully saturated rings. The van der Waals surface area contributed by atoms with Crippen LogP contribution in [0.2, 0.25) is 0 Å². The zero-order chi connectivity index (χ0) is 10.8. The van der Waals surface area contributed by atoms with Crippen molar-refractivity contribution < 1.29 is 4.79 Å². The lowest BCUT2D eigenvalue weighted by Gasteiger charge is -2.02. The molecule has 0 bridgehead atoms. The maximum atomic E-state index is 10.6. The first-order valence-electron chi connectivity index (χ1n) is 4.62. The summed E-state index contributed by atoms with van der Waals surface area (Å²) >= 11 is 1.48. The first-order chi connectivity index (χ1) is 7.20. The number of anilines is 1. The van der Waals surface area contributed by atoms with Crippen molar-refractivity contribution >= 4 is 23.3 Å². The van der Waals surface area contributed by atoms with Gasteiger partial charge in [0.25, 0.3) is 0 Å². The summed E-state index contributed by atoms with van der Waals surface area (Å²) in [5, 5.41) is 0. The summed E-state index contributed by atoms with van der Waals surface area (Å²) in [7, 11) is 0. The van der Waals surface area contributed by atoms with E-state index in [1.54, 1.807) is 0 Å². The maximum Gasteiger partial charge on any atom is 0.160 e. The minimum atomic E-state index is 0.740. The van der Waals surface area contributed by atoms with Gasteiger partial charge in [-0.05, 0) is 36.2 Å². The van der Waals surface area contributed by atoms with Crippen molar-refractivity contribution in [3.8, 4) is 10.4 Å². The van der Waals surface area contributed by atoms with Gasteiger partial charge in [-0.3, -0.25) is 4.79 Å².